The van der Waals surface area contributed by atoms with Gasteiger partial charge in [0.1, 0.15) is 18.2 Å². The molecule has 31 heavy (non-hydrogen) atoms. The summed E-state index contributed by atoms with van der Waals surface area (Å²) in [6.07, 6.45) is 2.82. The normalized spacial score (nSPS) is 16.6. The lowest BCUT2D eigenvalue weighted by Crippen LogP contribution is -2.31. The highest BCUT2D eigenvalue weighted by Crippen LogP contribution is 2.44. The molecule has 0 aliphatic carbocycles. The second-order valence-electron chi connectivity index (χ2n) is 8.16. The van der Waals surface area contributed by atoms with E-state index in [9.17, 15) is 4.79 Å². The number of benzene rings is 3. The summed E-state index contributed by atoms with van der Waals surface area (Å²) < 4.78 is 12.2. The second kappa shape index (κ2) is 8.05. The van der Waals surface area contributed by atoms with Crippen LogP contribution in [-0.4, -0.2) is 17.4 Å². The van der Waals surface area contributed by atoms with E-state index >= 15 is 0 Å². The summed E-state index contributed by atoms with van der Waals surface area (Å²) in [5, 5.41) is 0. The van der Waals surface area contributed by atoms with Gasteiger partial charge in [0.2, 0.25) is 5.78 Å². The zero-order valence-electron chi connectivity index (χ0n) is 17.9. The molecule has 2 aliphatic rings. The minimum atomic E-state index is -0.0601. The molecule has 0 saturated heterocycles. The second-order valence-corrected chi connectivity index (χ2v) is 8.16. The maximum Gasteiger partial charge on any atom is 0.232 e. The SMILES string of the molecule is CCc1ccc(/C=C2\Oc3c4c(cc(C)c3C2=O)OCN(Cc2ccccc2)C4)cc1. The number of Topliss-reactive ketones (excluding diaryl/α,β-unsaturated/α-hetero) is 1. The van der Waals surface area contributed by atoms with E-state index in [4.69, 9.17) is 9.47 Å². The number of carbonyl (C=O) groups is 1. The molecule has 5 rings (SSSR count). The van der Waals surface area contributed by atoms with Gasteiger partial charge < -0.3 is 9.47 Å². The fourth-order valence-electron chi connectivity index (χ4n) is 4.22. The Morgan fingerprint density at radius 3 is 2.55 bits per heavy atom. The van der Waals surface area contributed by atoms with Crippen molar-refractivity contribution in [2.45, 2.75) is 33.4 Å². The van der Waals surface area contributed by atoms with Crippen molar-refractivity contribution in [3.8, 4) is 11.5 Å². The van der Waals surface area contributed by atoms with Gasteiger partial charge in [-0.25, -0.2) is 0 Å². The van der Waals surface area contributed by atoms with Gasteiger partial charge in [0.15, 0.2) is 5.76 Å². The monoisotopic (exact) mass is 411 g/mol. The number of rotatable bonds is 4. The predicted octanol–water partition coefficient (Wildman–Crippen LogP) is 5.53. The van der Waals surface area contributed by atoms with Crippen molar-refractivity contribution >= 4 is 11.9 Å². The lowest BCUT2D eigenvalue weighted by Gasteiger charge is -2.30. The molecular formula is C27H25NO3. The molecule has 2 heterocycles. The van der Waals surface area contributed by atoms with Gasteiger partial charge in [-0.1, -0.05) is 61.5 Å². The molecule has 0 radical (unpaired) electrons. The Hall–Kier alpha value is -3.37. The van der Waals surface area contributed by atoms with Gasteiger partial charge >= 0.3 is 0 Å². The molecule has 0 fully saturated rings. The van der Waals surface area contributed by atoms with Gasteiger partial charge in [-0.3, -0.25) is 9.69 Å². The van der Waals surface area contributed by atoms with Crippen LogP contribution in [0.4, 0.5) is 0 Å². The summed E-state index contributed by atoms with van der Waals surface area (Å²) in [6.45, 7) is 6.05. The number of carbonyl (C=O) groups excluding carboxylic acids is 1. The summed E-state index contributed by atoms with van der Waals surface area (Å²) in [6, 6.07) is 20.5. The van der Waals surface area contributed by atoms with Crippen molar-refractivity contribution in [3.05, 3.63) is 99.8 Å². The molecule has 4 nitrogen and oxygen atoms in total. The van der Waals surface area contributed by atoms with Crippen molar-refractivity contribution in [1.82, 2.24) is 4.90 Å². The third-order valence-corrected chi connectivity index (χ3v) is 5.92. The molecule has 156 valence electrons. The van der Waals surface area contributed by atoms with Crippen molar-refractivity contribution in [1.29, 1.82) is 0 Å². The number of nitrogens with zero attached hydrogens (tertiary/aromatic N) is 1. The molecule has 3 aromatic rings. The van der Waals surface area contributed by atoms with E-state index < -0.39 is 0 Å². The molecule has 0 spiro atoms. The number of fused-ring (bicyclic) bond motifs is 3. The first-order valence-electron chi connectivity index (χ1n) is 10.7. The number of hydrogen-bond donors (Lipinski definition) is 0. The molecule has 4 heteroatoms. The summed E-state index contributed by atoms with van der Waals surface area (Å²) in [5.41, 5.74) is 5.94. The van der Waals surface area contributed by atoms with Crippen molar-refractivity contribution in [3.63, 3.8) is 0 Å². The zero-order valence-corrected chi connectivity index (χ0v) is 17.9. The fraction of sp³-hybridized carbons (Fsp3) is 0.222. The standard InChI is InChI=1S/C27H25NO3/c1-3-19-9-11-20(12-10-19)14-24-26(29)25-18(2)13-23-22(27(25)31-24)16-28(17-30-23)15-21-7-5-4-6-8-21/h4-14H,3,15-17H2,1-2H3/b24-14-. The Morgan fingerprint density at radius 1 is 1.03 bits per heavy atom. The quantitative estimate of drug-likeness (QED) is 0.530. The molecule has 0 saturated carbocycles. The summed E-state index contributed by atoms with van der Waals surface area (Å²) in [5.74, 6) is 1.77. The maximum atomic E-state index is 13.2. The van der Waals surface area contributed by atoms with E-state index in [0.717, 1.165) is 35.4 Å². The Morgan fingerprint density at radius 2 is 1.81 bits per heavy atom. The Kier molecular flexibility index (Phi) is 5.08. The topological polar surface area (TPSA) is 38.8 Å². The zero-order chi connectivity index (χ0) is 21.4. The van der Waals surface area contributed by atoms with E-state index in [1.807, 2.05) is 49.4 Å². The van der Waals surface area contributed by atoms with E-state index in [0.29, 0.717) is 30.3 Å². The summed E-state index contributed by atoms with van der Waals surface area (Å²) in [7, 11) is 0. The smallest absolute Gasteiger partial charge is 0.232 e. The molecule has 0 aromatic heterocycles. The predicted molar refractivity (Wildman–Crippen MR) is 121 cm³/mol. The Bertz CT molecular complexity index is 1160. The lowest BCUT2D eigenvalue weighted by atomic mass is 9.98. The molecule has 2 aliphatic heterocycles. The van der Waals surface area contributed by atoms with Crippen molar-refractivity contribution in [2.75, 3.05) is 6.73 Å². The van der Waals surface area contributed by atoms with E-state index in [-0.39, 0.29) is 5.78 Å². The van der Waals surface area contributed by atoms with Crippen molar-refractivity contribution in [2.24, 2.45) is 0 Å². The molecule has 0 N–H and O–H groups in total. The van der Waals surface area contributed by atoms with Crippen LogP contribution >= 0.6 is 0 Å². The van der Waals surface area contributed by atoms with Crippen LogP contribution in [0.3, 0.4) is 0 Å². The van der Waals surface area contributed by atoms with Crippen LogP contribution in [0, 0.1) is 6.92 Å². The van der Waals surface area contributed by atoms with Gasteiger partial charge in [-0.05, 0) is 47.7 Å². The van der Waals surface area contributed by atoms with Gasteiger partial charge in [-0.2, -0.15) is 0 Å². The Labute approximate surface area is 182 Å². The molecular weight excluding hydrogens is 386 g/mol. The van der Waals surface area contributed by atoms with E-state index in [1.165, 1.54) is 11.1 Å². The minimum absolute atomic E-state index is 0.0601. The summed E-state index contributed by atoms with van der Waals surface area (Å²) >= 11 is 0. The van der Waals surface area contributed by atoms with Crippen LogP contribution in [0.25, 0.3) is 6.08 Å². The third kappa shape index (κ3) is 3.75. The maximum absolute atomic E-state index is 13.2. The largest absolute Gasteiger partial charge is 0.478 e. The van der Waals surface area contributed by atoms with Crippen LogP contribution in [0.2, 0.25) is 0 Å². The average molecular weight is 412 g/mol. The molecule has 0 amide bonds. The number of ether oxygens (including phenoxy) is 2. The first-order chi connectivity index (χ1) is 15.1. The molecule has 0 unspecified atom stereocenters. The number of allylic oxidation sites excluding steroid dienone is 1. The minimum Gasteiger partial charge on any atom is -0.478 e. The fourth-order valence-corrected chi connectivity index (χ4v) is 4.22. The Balaban J connectivity index is 1.45. The third-order valence-electron chi connectivity index (χ3n) is 5.92. The van der Waals surface area contributed by atoms with Crippen LogP contribution in [0.1, 0.15) is 45.1 Å². The van der Waals surface area contributed by atoms with Gasteiger partial charge in [-0.15, -0.1) is 0 Å². The average Bonchev–Trinajstić information content (AvgIpc) is 3.12. The molecule has 3 aromatic carbocycles. The van der Waals surface area contributed by atoms with E-state index in [2.05, 4.69) is 36.1 Å². The van der Waals surface area contributed by atoms with Gasteiger partial charge in [0.05, 0.1) is 11.1 Å². The van der Waals surface area contributed by atoms with Gasteiger partial charge in [0, 0.05) is 13.1 Å². The summed E-state index contributed by atoms with van der Waals surface area (Å²) in [4.78, 5) is 15.4. The lowest BCUT2D eigenvalue weighted by molar-refractivity contribution is 0.0872. The molecule has 0 bridgehead atoms. The number of aryl methyl sites for hydroxylation is 2. The number of ketones is 1. The van der Waals surface area contributed by atoms with Crippen LogP contribution in [0.5, 0.6) is 11.5 Å². The first kappa shape index (κ1) is 19.6. The van der Waals surface area contributed by atoms with Crippen LogP contribution in [-0.2, 0) is 19.5 Å². The highest BCUT2D eigenvalue weighted by molar-refractivity contribution is 6.15. The van der Waals surface area contributed by atoms with Crippen LogP contribution in [0.15, 0.2) is 66.4 Å². The van der Waals surface area contributed by atoms with Crippen LogP contribution < -0.4 is 9.47 Å². The van der Waals surface area contributed by atoms with Gasteiger partial charge in [0.25, 0.3) is 0 Å². The first-order valence-corrected chi connectivity index (χ1v) is 10.7. The number of hydrogen-bond acceptors (Lipinski definition) is 4. The van der Waals surface area contributed by atoms with E-state index in [1.54, 1.807) is 0 Å². The highest BCUT2D eigenvalue weighted by atomic mass is 16.5. The van der Waals surface area contributed by atoms with Crippen molar-refractivity contribution < 1.29 is 14.3 Å². The molecule has 0 atom stereocenters. The highest BCUT2D eigenvalue weighted by Gasteiger charge is 2.35.